The smallest absolute Gasteiger partial charge is 0.0834 e. The molecule has 1 unspecified atom stereocenters. The van der Waals surface area contributed by atoms with Crippen molar-refractivity contribution >= 4 is 11.6 Å². The molecule has 0 saturated heterocycles. The summed E-state index contributed by atoms with van der Waals surface area (Å²) < 4.78 is 12.6. The maximum atomic E-state index is 6.33. The third kappa shape index (κ3) is 6.34. The van der Waals surface area contributed by atoms with Gasteiger partial charge in [0.2, 0.25) is 0 Å². The van der Waals surface area contributed by atoms with Gasteiger partial charge in [0.25, 0.3) is 0 Å². The van der Waals surface area contributed by atoms with Gasteiger partial charge in [-0.1, -0.05) is 25.4 Å². The van der Waals surface area contributed by atoms with Gasteiger partial charge in [0.1, 0.15) is 0 Å². The van der Waals surface area contributed by atoms with Gasteiger partial charge in [0.15, 0.2) is 0 Å². The number of nitrogens with one attached hydrogen (secondary N) is 1. The molecule has 122 valence electrons. The Bertz CT molecular complexity index is 385. The Labute approximate surface area is 132 Å². The second kappa shape index (κ2) is 11.0. The molecule has 1 aromatic rings. The van der Waals surface area contributed by atoms with Crippen LogP contribution < -0.4 is 5.32 Å². The van der Waals surface area contributed by atoms with Crippen molar-refractivity contribution in [3.05, 3.63) is 16.9 Å². The van der Waals surface area contributed by atoms with Gasteiger partial charge in [-0.2, -0.15) is 5.10 Å². The van der Waals surface area contributed by atoms with Crippen LogP contribution in [0.2, 0.25) is 5.02 Å². The van der Waals surface area contributed by atoms with Crippen molar-refractivity contribution < 1.29 is 9.47 Å². The second-order valence-corrected chi connectivity index (χ2v) is 5.41. The summed E-state index contributed by atoms with van der Waals surface area (Å²) >= 11 is 6.33. The third-order valence-corrected chi connectivity index (χ3v) is 3.51. The molecule has 0 radical (unpaired) electrons. The normalized spacial score (nSPS) is 12.8. The SMILES string of the molecule is CCCNC(CCOCCOC)c1c(Cl)cnn1CCC. The van der Waals surface area contributed by atoms with E-state index in [9.17, 15) is 0 Å². The molecule has 0 aliphatic rings. The highest BCUT2D eigenvalue weighted by Gasteiger charge is 2.19. The Morgan fingerprint density at radius 1 is 1.29 bits per heavy atom. The van der Waals surface area contributed by atoms with Crippen molar-refractivity contribution in [2.45, 2.75) is 45.7 Å². The first kappa shape index (κ1) is 18.4. The van der Waals surface area contributed by atoms with E-state index >= 15 is 0 Å². The van der Waals surface area contributed by atoms with E-state index in [1.54, 1.807) is 13.3 Å². The maximum absolute atomic E-state index is 6.33. The van der Waals surface area contributed by atoms with Crippen LogP contribution in [0.1, 0.15) is 44.8 Å². The fraction of sp³-hybridized carbons (Fsp3) is 0.800. The first-order valence-electron chi connectivity index (χ1n) is 7.75. The summed E-state index contributed by atoms with van der Waals surface area (Å²) in [6.45, 7) is 8.07. The Hall–Kier alpha value is -0.620. The molecule has 5 nitrogen and oxygen atoms in total. The summed E-state index contributed by atoms with van der Waals surface area (Å²) in [4.78, 5) is 0. The lowest BCUT2D eigenvalue weighted by molar-refractivity contribution is 0.0654. The van der Waals surface area contributed by atoms with Gasteiger partial charge < -0.3 is 14.8 Å². The van der Waals surface area contributed by atoms with Crippen molar-refractivity contribution in [1.29, 1.82) is 0 Å². The number of methoxy groups -OCH3 is 1. The molecule has 0 bridgehead atoms. The van der Waals surface area contributed by atoms with Crippen LogP contribution in [0.5, 0.6) is 0 Å². The van der Waals surface area contributed by atoms with Crippen LogP contribution >= 0.6 is 11.6 Å². The van der Waals surface area contributed by atoms with E-state index in [2.05, 4.69) is 24.3 Å². The van der Waals surface area contributed by atoms with Crippen LogP contribution in [0.25, 0.3) is 0 Å². The molecule has 6 heteroatoms. The summed E-state index contributed by atoms with van der Waals surface area (Å²) in [5, 5.41) is 8.65. The number of halogens is 1. The Kier molecular flexibility index (Phi) is 9.67. The molecule has 1 atom stereocenters. The van der Waals surface area contributed by atoms with Gasteiger partial charge in [-0.3, -0.25) is 4.68 Å². The molecule has 1 N–H and O–H groups in total. The minimum atomic E-state index is 0.175. The van der Waals surface area contributed by atoms with E-state index in [-0.39, 0.29) is 6.04 Å². The molecule has 0 amide bonds. The summed E-state index contributed by atoms with van der Waals surface area (Å²) in [5.41, 5.74) is 1.07. The van der Waals surface area contributed by atoms with Crippen molar-refractivity contribution in [3.63, 3.8) is 0 Å². The Morgan fingerprint density at radius 2 is 2.10 bits per heavy atom. The van der Waals surface area contributed by atoms with Gasteiger partial charge >= 0.3 is 0 Å². The van der Waals surface area contributed by atoms with Gasteiger partial charge in [-0.15, -0.1) is 0 Å². The average Bonchev–Trinajstić information content (AvgIpc) is 2.84. The van der Waals surface area contributed by atoms with Crippen molar-refractivity contribution in [3.8, 4) is 0 Å². The topological polar surface area (TPSA) is 48.3 Å². The Morgan fingerprint density at radius 3 is 2.76 bits per heavy atom. The summed E-state index contributed by atoms with van der Waals surface area (Å²) in [6.07, 6.45) is 4.73. The lowest BCUT2D eigenvalue weighted by Gasteiger charge is -2.20. The number of hydrogen-bond donors (Lipinski definition) is 1. The molecule has 0 fully saturated rings. The number of rotatable bonds is 12. The molecule has 0 spiro atoms. The highest BCUT2D eigenvalue weighted by Crippen LogP contribution is 2.25. The number of hydrogen-bond acceptors (Lipinski definition) is 4. The summed E-state index contributed by atoms with van der Waals surface area (Å²) in [5.74, 6) is 0. The molecule has 1 aromatic heterocycles. The zero-order valence-corrected chi connectivity index (χ0v) is 14.2. The fourth-order valence-corrected chi connectivity index (χ4v) is 2.48. The standard InChI is InChI=1S/C15H28ClN3O2/c1-4-7-17-14(6-9-21-11-10-20-3)15-13(16)12-18-19(15)8-5-2/h12,14,17H,4-11H2,1-3H3. The predicted molar refractivity (Wildman–Crippen MR) is 85.9 cm³/mol. The minimum Gasteiger partial charge on any atom is -0.382 e. The molecule has 0 aliphatic heterocycles. The molecule has 0 aromatic carbocycles. The summed E-state index contributed by atoms with van der Waals surface area (Å²) in [7, 11) is 1.68. The minimum absolute atomic E-state index is 0.175. The summed E-state index contributed by atoms with van der Waals surface area (Å²) in [6, 6.07) is 0.175. The third-order valence-electron chi connectivity index (χ3n) is 3.22. The van der Waals surface area contributed by atoms with Crippen LogP contribution in [0.3, 0.4) is 0 Å². The molecule has 1 heterocycles. The lowest BCUT2D eigenvalue weighted by Crippen LogP contribution is -2.26. The molecule has 0 saturated carbocycles. The Balaban J connectivity index is 2.65. The molecule has 0 aliphatic carbocycles. The average molecular weight is 318 g/mol. The quantitative estimate of drug-likeness (QED) is 0.602. The first-order valence-corrected chi connectivity index (χ1v) is 8.13. The van der Waals surface area contributed by atoms with Crippen molar-refractivity contribution in [2.24, 2.45) is 0 Å². The van der Waals surface area contributed by atoms with Crippen molar-refractivity contribution in [1.82, 2.24) is 15.1 Å². The van der Waals surface area contributed by atoms with Crippen LogP contribution in [-0.4, -0.2) is 43.3 Å². The largest absolute Gasteiger partial charge is 0.382 e. The molecule has 21 heavy (non-hydrogen) atoms. The fourth-order valence-electron chi connectivity index (χ4n) is 2.21. The molecular formula is C15H28ClN3O2. The van der Waals surface area contributed by atoms with Gasteiger partial charge in [-0.05, 0) is 25.8 Å². The first-order chi connectivity index (χ1) is 10.2. The number of aromatic nitrogens is 2. The van der Waals surface area contributed by atoms with Crippen molar-refractivity contribution in [2.75, 3.05) is 33.5 Å². The maximum Gasteiger partial charge on any atom is 0.0834 e. The van der Waals surface area contributed by atoms with E-state index in [0.717, 1.165) is 43.1 Å². The number of aryl methyl sites for hydroxylation is 1. The predicted octanol–water partition coefficient (Wildman–Crippen LogP) is 3.04. The highest BCUT2D eigenvalue weighted by molar-refractivity contribution is 6.31. The second-order valence-electron chi connectivity index (χ2n) is 5.00. The zero-order chi connectivity index (χ0) is 15.5. The van der Waals surface area contributed by atoms with Gasteiger partial charge in [0, 0.05) is 20.3 Å². The zero-order valence-electron chi connectivity index (χ0n) is 13.4. The number of ether oxygens (including phenoxy) is 2. The molecular weight excluding hydrogens is 290 g/mol. The van der Waals surface area contributed by atoms with Gasteiger partial charge in [-0.25, -0.2) is 0 Å². The van der Waals surface area contributed by atoms with Crippen LogP contribution in [0, 0.1) is 0 Å². The van der Waals surface area contributed by atoms with Crippen LogP contribution in [-0.2, 0) is 16.0 Å². The van der Waals surface area contributed by atoms with Gasteiger partial charge in [0.05, 0.1) is 36.2 Å². The highest BCUT2D eigenvalue weighted by atomic mass is 35.5. The molecule has 1 rings (SSSR count). The number of nitrogens with zero attached hydrogens (tertiary/aromatic N) is 2. The monoisotopic (exact) mass is 317 g/mol. The lowest BCUT2D eigenvalue weighted by atomic mass is 10.1. The van der Waals surface area contributed by atoms with E-state index in [1.165, 1.54) is 0 Å². The van der Waals surface area contributed by atoms with Crippen LogP contribution in [0.15, 0.2) is 6.20 Å². The van der Waals surface area contributed by atoms with E-state index < -0.39 is 0 Å². The van der Waals surface area contributed by atoms with E-state index in [4.69, 9.17) is 21.1 Å². The van der Waals surface area contributed by atoms with Crippen LogP contribution in [0.4, 0.5) is 0 Å². The van der Waals surface area contributed by atoms with E-state index in [0.29, 0.717) is 19.8 Å². The van der Waals surface area contributed by atoms with E-state index in [1.807, 2.05) is 4.68 Å².